The first kappa shape index (κ1) is 20.3. The van der Waals surface area contributed by atoms with E-state index in [0.29, 0.717) is 40.7 Å². The molecule has 9 nitrogen and oxygen atoms in total. The molecule has 3 aromatic rings. The maximum absolute atomic E-state index is 13.2. The van der Waals surface area contributed by atoms with Crippen LogP contribution in [0, 0.1) is 5.92 Å². The van der Waals surface area contributed by atoms with Crippen molar-refractivity contribution < 1.29 is 9.59 Å². The Hall–Kier alpha value is -3.62. The summed E-state index contributed by atoms with van der Waals surface area (Å²) in [6, 6.07) is 4.00. The number of rotatable bonds is 7. The minimum absolute atomic E-state index is 0.0378. The summed E-state index contributed by atoms with van der Waals surface area (Å²) in [5.74, 6) is 0.0362. The Bertz CT molecular complexity index is 1280. The van der Waals surface area contributed by atoms with Gasteiger partial charge < -0.3 is 25.1 Å². The summed E-state index contributed by atoms with van der Waals surface area (Å²) in [5, 5.41) is 9.33. The quantitative estimate of drug-likeness (QED) is 0.530. The van der Waals surface area contributed by atoms with Crippen molar-refractivity contribution in [3.8, 4) is 0 Å². The molecular formula is C23H26N6O3. The summed E-state index contributed by atoms with van der Waals surface area (Å²) in [6.07, 6.45) is 9.14. The van der Waals surface area contributed by atoms with Gasteiger partial charge >= 0.3 is 0 Å². The molecule has 0 saturated heterocycles. The van der Waals surface area contributed by atoms with Crippen LogP contribution >= 0.6 is 0 Å². The molecule has 0 aliphatic heterocycles. The Morgan fingerprint density at radius 2 is 1.97 bits per heavy atom. The molecule has 0 atom stereocenters. The van der Waals surface area contributed by atoms with E-state index in [-0.39, 0.29) is 23.3 Å². The predicted molar refractivity (Wildman–Crippen MR) is 122 cm³/mol. The van der Waals surface area contributed by atoms with Gasteiger partial charge in [-0.1, -0.05) is 0 Å². The van der Waals surface area contributed by atoms with Gasteiger partial charge in [-0.3, -0.25) is 14.4 Å². The van der Waals surface area contributed by atoms with E-state index in [1.165, 1.54) is 6.20 Å². The molecule has 2 saturated carbocycles. The first-order valence-electron chi connectivity index (χ1n) is 11.0. The number of fused-ring (bicyclic) bond motifs is 1. The highest BCUT2D eigenvalue weighted by Crippen LogP contribution is 2.40. The van der Waals surface area contributed by atoms with Crippen LogP contribution in [0.25, 0.3) is 10.9 Å². The lowest BCUT2D eigenvalue weighted by Gasteiger charge is -2.13. The Morgan fingerprint density at radius 1 is 1.19 bits per heavy atom. The number of aryl methyl sites for hydroxylation is 1. The van der Waals surface area contributed by atoms with Crippen molar-refractivity contribution in [3.63, 3.8) is 0 Å². The van der Waals surface area contributed by atoms with Gasteiger partial charge in [-0.15, -0.1) is 0 Å². The standard InChI is InChI=1S/C23H26N6O3/c1-3-28-9-8-18-20(23(28)32)17(12-29(18)14-6-7-14)26-16-10-19(27-21(30)13-4-5-13)25-11-15(16)22(31)24-2/h8-14H,3-7H2,1-2H3,(H,24,31)(H2,25,26,27,30). The zero-order chi connectivity index (χ0) is 22.4. The van der Waals surface area contributed by atoms with Gasteiger partial charge in [0.25, 0.3) is 11.5 Å². The third-order valence-corrected chi connectivity index (χ3v) is 6.08. The van der Waals surface area contributed by atoms with Crippen molar-refractivity contribution in [3.05, 3.63) is 46.6 Å². The molecule has 2 amide bonds. The van der Waals surface area contributed by atoms with Gasteiger partial charge in [-0.25, -0.2) is 4.98 Å². The van der Waals surface area contributed by atoms with Crippen molar-refractivity contribution in [1.29, 1.82) is 0 Å². The largest absolute Gasteiger partial charge is 0.355 e. The molecule has 5 rings (SSSR count). The van der Waals surface area contributed by atoms with Crippen LogP contribution < -0.4 is 21.5 Å². The van der Waals surface area contributed by atoms with Gasteiger partial charge in [-0.05, 0) is 38.7 Å². The number of carbonyl (C=O) groups is 2. The van der Waals surface area contributed by atoms with E-state index in [9.17, 15) is 14.4 Å². The Labute approximate surface area is 184 Å². The highest BCUT2D eigenvalue weighted by Gasteiger charge is 2.30. The van der Waals surface area contributed by atoms with E-state index in [1.807, 2.05) is 25.4 Å². The van der Waals surface area contributed by atoms with Gasteiger partial charge in [0.15, 0.2) is 0 Å². The lowest BCUT2D eigenvalue weighted by Crippen LogP contribution is -2.21. The molecule has 3 aromatic heterocycles. The van der Waals surface area contributed by atoms with Gasteiger partial charge in [0.1, 0.15) is 5.82 Å². The summed E-state index contributed by atoms with van der Waals surface area (Å²) < 4.78 is 3.80. The van der Waals surface area contributed by atoms with Crippen molar-refractivity contribution in [1.82, 2.24) is 19.4 Å². The predicted octanol–water partition coefficient (Wildman–Crippen LogP) is 3.00. The average Bonchev–Trinajstić information content (AvgIpc) is 3.71. The summed E-state index contributed by atoms with van der Waals surface area (Å²) in [6.45, 7) is 2.50. The fraction of sp³-hybridized carbons (Fsp3) is 0.391. The molecule has 32 heavy (non-hydrogen) atoms. The normalized spacial score (nSPS) is 15.6. The molecule has 0 unspecified atom stereocenters. The van der Waals surface area contributed by atoms with Gasteiger partial charge in [0, 0.05) is 50.2 Å². The van der Waals surface area contributed by atoms with Crippen LogP contribution in [0.2, 0.25) is 0 Å². The molecule has 2 aliphatic carbocycles. The summed E-state index contributed by atoms with van der Waals surface area (Å²) in [7, 11) is 1.55. The Morgan fingerprint density at radius 3 is 2.62 bits per heavy atom. The Balaban J connectivity index is 1.59. The van der Waals surface area contributed by atoms with Crippen LogP contribution in [0.1, 0.15) is 49.0 Å². The number of carbonyl (C=O) groups excluding carboxylic acids is 2. The zero-order valence-corrected chi connectivity index (χ0v) is 18.1. The smallest absolute Gasteiger partial charge is 0.262 e. The molecule has 2 fully saturated rings. The number of amides is 2. The van der Waals surface area contributed by atoms with E-state index >= 15 is 0 Å². The second kappa shape index (κ2) is 7.81. The molecule has 0 aromatic carbocycles. The third-order valence-electron chi connectivity index (χ3n) is 6.08. The number of hydrogen-bond acceptors (Lipinski definition) is 5. The number of pyridine rings is 2. The van der Waals surface area contributed by atoms with Crippen LogP contribution in [0.3, 0.4) is 0 Å². The summed E-state index contributed by atoms with van der Waals surface area (Å²) >= 11 is 0. The van der Waals surface area contributed by atoms with Gasteiger partial charge in [0.2, 0.25) is 5.91 Å². The van der Waals surface area contributed by atoms with E-state index < -0.39 is 0 Å². The van der Waals surface area contributed by atoms with Crippen molar-refractivity contribution in [2.45, 2.75) is 45.2 Å². The molecule has 166 valence electrons. The fourth-order valence-corrected chi connectivity index (χ4v) is 3.97. The summed E-state index contributed by atoms with van der Waals surface area (Å²) in [5.41, 5.74) is 2.24. The highest BCUT2D eigenvalue weighted by molar-refractivity contribution is 6.03. The highest BCUT2D eigenvalue weighted by atomic mass is 16.2. The number of aromatic nitrogens is 3. The Kier molecular flexibility index (Phi) is 4.96. The summed E-state index contributed by atoms with van der Waals surface area (Å²) in [4.78, 5) is 42.1. The molecule has 2 aliphatic rings. The molecule has 0 spiro atoms. The van der Waals surface area contributed by atoms with Crippen molar-refractivity contribution in [2.24, 2.45) is 5.92 Å². The number of hydrogen-bond donors (Lipinski definition) is 3. The maximum Gasteiger partial charge on any atom is 0.262 e. The molecule has 3 N–H and O–H groups in total. The first-order valence-corrected chi connectivity index (χ1v) is 11.0. The second-order valence-corrected chi connectivity index (χ2v) is 8.43. The van der Waals surface area contributed by atoms with Crippen LogP contribution in [-0.4, -0.2) is 33.0 Å². The zero-order valence-electron chi connectivity index (χ0n) is 18.1. The average molecular weight is 435 g/mol. The molecule has 9 heteroatoms. The first-order chi connectivity index (χ1) is 15.5. The van der Waals surface area contributed by atoms with Crippen molar-refractivity contribution in [2.75, 3.05) is 17.7 Å². The van der Waals surface area contributed by atoms with E-state index in [4.69, 9.17) is 0 Å². The monoisotopic (exact) mass is 434 g/mol. The number of anilines is 3. The van der Waals surface area contributed by atoms with E-state index in [2.05, 4.69) is 25.5 Å². The lowest BCUT2D eigenvalue weighted by molar-refractivity contribution is -0.117. The molecule has 3 heterocycles. The lowest BCUT2D eigenvalue weighted by atomic mass is 10.2. The topological polar surface area (TPSA) is 110 Å². The minimum Gasteiger partial charge on any atom is -0.355 e. The molecule has 0 radical (unpaired) electrons. The van der Waals surface area contributed by atoms with Gasteiger partial charge in [0.05, 0.1) is 27.8 Å². The van der Waals surface area contributed by atoms with Crippen LogP contribution in [0.4, 0.5) is 17.2 Å². The molecular weight excluding hydrogens is 408 g/mol. The minimum atomic E-state index is -0.308. The number of nitrogens with zero attached hydrogens (tertiary/aromatic N) is 3. The fourth-order valence-electron chi connectivity index (χ4n) is 3.97. The number of nitrogens with one attached hydrogen (secondary N) is 3. The van der Waals surface area contributed by atoms with Crippen LogP contribution in [0.5, 0.6) is 0 Å². The van der Waals surface area contributed by atoms with Crippen molar-refractivity contribution >= 4 is 39.9 Å². The third kappa shape index (κ3) is 3.63. The SMILES string of the molecule is CCn1ccc2c(c(Nc3cc(NC(=O)C4CC4)ncc3C(=O)NC)cn2C2CC2)c1=O. The van der Waals surface area contributed by atoms with E-state index in [1.54, 1.807) is 17.7 Å². The molecule has 0 bridgehead atoms. The van der Waals surface area contributed by atoms with E-state index in [0.717, 1.165) is 31.2 Å². The van der Waals surface area contributed by atoms with Crippen LogP contribution in [-0.2, 0) is 11.3 Å². The second-order valence-electron chi connectivity index (χ2n) is 8.43. The van der Waals surface area contributed by atoms with Gasteiger partial charge in [-0.2, -0.15) is 0 Å². The maximum atomic E-state index is 13.2. The van der Waals surface area contributed by atoms with Crippen LogP contribution in [0.15, 0.2) is 35.5 Å².